The highest BCUT2D eigenvalue weighted by Crippen LogP contribution is 2.54. The predicted molar refractivity (Wildman–Crippen MR) is 172 cm³/mol. The summed E-state index contributed by atoms with van der Waals surface area (Å²) in [5.41, 5.74) is 1.37. The Bertz CT molecular complexity index is 1360. The summed E-state index contributed by atoms with van der Waals surface area (Å²) in [7, 11) is 5.66. The lowest BCUT2D eigenvalue weighted by molar-refractivity contribution is -0.277. The summed E-state index contributed by atoms with van der Waals surface area (Å²) in [5, 5.41) is 81.0. The van der Waals surface area contributed by atoms with E-state index >= 15 is 0 Å². The van der Waals surface area contributed by atoms with Gasteiger partial charge in [0, 0.05) is 11.8 Å². The van der Waals surface area contributed by atoms with Gasteiger partial charge in [-0.15, -0.1) is 0 Å². The molecule has 18 heteroatoms. The van der Waals surface area contributed by atoms with Crippen LogP contribution in [0, 0.1) is 11.8 Å². The molecule has 0 radical (unpaired) electrons. The summed E-state index contributed by atoms with van der Waals surface area (Å²) in [6.45, 7) is -0.604. The van der Waals surface area contributed by atoms with Crippen LogP contribution in [0.25, 0.3) is 0 Å². The van der Waals surface area contributed by atoms with Crippen molar-refractivity contribution in [3.63, 3.8) is 0 Å². The van der Waals surface area contributed by atoms with E-state index in [1.165, 1.54) is 28.4 Å². The highest BCUT2D eigenvalue weighted by molar-refractivity contribution is 5.56. The van der Waals surface area contributed by atoms with Gasteiger partial charge < -0.3 is 88.2 Å². The zero-order valence-electron chi connectivity index (χ0n) is 28.9. The SMILES string of the molecule is COc1cc([C@H]2OCC3C2CO[C@@H]3c2cc(OC)c(OC3OC(CO)C(O)C(O)C3O)c(OC)c2)cc(OC)c1OC1OC(CO)C(O)C(O)C1O. The molecule has 52 heavy (non-hydrogen) atoms. The van der Waals surface area contributed by atoms with E-state index in [-0.39, 0.29) is 46.3 Å². The van der Waals surface area contributed by atoms with E-state index in [1.54, 1.807) is 24.3 Å². The molecule has 4 aliphatic heterocycles. The smallest absolute Gasteiger partial charge is 0.229 e. The third-order valence-electron chi connectivity index (χ3n) is 10.1. The van der Waals surface area contributed by atoms with Gasteiger partial charge in [0.2, 0.25) is 24.1 Å². The molecule has 6 rings (SSSR count). The number of methoxy groups -OCH3 is 4. The van der Waals surface area contributed by atoms with E-state index in [1.807, 2.05) is 0 Å². The van der Waals surface area contributed by atoms with Crippen molar-refractivity contribution in [3.8, 4) is 34.5 Å². The summed E-state index contributed by atoms with van der Waals surface area (Å²) in [6, 6.07) is 6.78. The molecule has 0 spiro atoms. The van der Waals surface area contributed by atoms with Crippen LogP contribution < -0.4 is 28.4 Å². The van der Waals surface area contributed by atoms with Crippen LogP contribution in [0.4, 0.5) is 0 Å². The van der Waals surface area contributed by atoms with Gasteiger partial charge in [0.1, 0.15) is 48.8 Å². The Morgan fingerprint density at radius 1 is 0.519 bits per heavy atom. The molecular weight excluding hydrogens is 696 g/mol. The first-order chi connectivity index (χ1) is 25.0. The van der Waals surface area contributed by atoms with Crippen molar-refractivity contribution >= 4 is 0 Å². The number of aliphatic hydroxyl groups excluding tert-OH is 8. The first-order valence-corrected chi connectivity index (χ1v) is 16.7. The van der Waals surface area contributed by atoms with Crippen molar-refractivity contribution in [1.82, 2.24) is 0 Å². The number of rotatable bonds is 12. The zero-order valence-corrected chi connectivity index (χ0v) is 28.9. The van der Waals surface area contributed by atoms with Crippen LogP contribution in [-0.4, -0.2) is 157 Å². The fraction of sp³-hybridized carbons (Fsp3) is 0.647. The third kappa shape index (κ3) is 6.94. The minimum atomic E-state index is -1.65. The second kappa shape index (κ2) is 16.0. The van der Waals surface area contributed by atoms with Crippen LogP contribution in [0.15, 0.2) is 24.3 Å². The Morgan fingerprint density at radius 3 is 1.13 bits per heavy atom. The van der Waals surface area contributed by atoms with E-state index in [9.17, 15) is 40.9 Å². The Balaban J connectivity index is 1.22. The van der Waals surface area contributed by atoms with Gasteiger partial charge in [-0.25, -0.2) is 0 Å². The molecule has 4 aliphatic rings. The molecule has 0 aliphatic carbocycles. The molecule has 0 aromatic heterocycles. The first-order valence-electron chi connectivity index (χ1n) is 16.7. The molecule has 12 unspecified atom stereocenters. The Labute approximate surface area is 298 Å². The average Bonchev–Trinajstić information content (AvgIpc) is 3.78. The van der Waals surface area contributed by atoms with Crippen LogP contribution >= 0.6 is 0 Å². The molecule has 0 saturated carbocycles. The molecule has 4 heterocycles. The van der Waals surface area contributed by atoms with Gasteiger partial charge >= 0.3 is 0 Å². The minimum Gasteiger partial charge on any atom is -0.493 e. The predicted octanol–water partition coefficient (Wildman–Crippen LogP) is -1.85. The lowest BCUT2D eigenvalue weighted by Crippen LogP contribution is -2.60. The number of aliphatic hydroxyl groups is 8. The number of fused-ring (bicyclic) bond motifs is 1. The normalized spacial score (nSPS) is 37.3. The summed E-state index contributed by atoms with van der Waals surface area (Å²) >= 11 is 0. The van der Waals surface area contributed by atoms with Crippen molar-refractivity contribution in [1.29, 1.82) is 0 Å². The monoisotopic (exact) mass is 742 g/mol. The van der Waals surface area contributed by atoms with Gasteiger partial charge in [-0.2, -0.15) is 0 Å². The van der Waals surface area contributed by atoms with Crippen molar-refractivity contribution in [3.05, 3.63) is 35.4 Å². The number of benzene rings is 2. The number of ether oxygens (including phenoxy) is 10. The summed E-state index contributed by atoms with van der Waals surface area (Å²) < 4.78 is 58.0. The topological polar surface area (TPSA) is 254 Å². The maximum Gasteiger partial charge on any atom is 0.229 e. The van der Waals surface area contributed by atoms with Crippen LogP contribution in [-0.2, 0) is 18.9 Å². The molecular formula is C34H46O18. The van der Waals surface area contributed by atoms with Crippen molar-refractivity contribution < 1.29 is 88.2 Å². The molecule has 2 aromatic rings. The largest absolute Gasteiger partial charge is 0.493 e. The van der Waals surface area contributed by atoms with Crippen LogP contribution in [0.5, 0.6) is 34.5 Å². The van der Waals surface area contributed by atoms with E-state index < -0.39 is 86.8 Å². The van der Waals surface area contributed by atoms with Crippen molar-refractivity contribution in [2.24, 2.45) is 11.8 Å². The molecule has 2 aromatic carbocycles. The van der Waals surface area contributed by atoms with Crippen LogP contribution in [0.3, 0.4) is 0 Å². The maximum absolute atomic E-state index is 10.5. The summed E-state index contributed by atoms with van der Waals surface area (Å²) in [6.07, 6.45) is -15.9. The van der Waals surface area contributed by atoms with E-state index in [0.717, 1.165) is 0 Å². The van der Waals surface area contributed by atoms with Gasteiger partial charge in [-0.1, -0.05) is 0 Å². The average molecular weight is 743 g/mol. The fourth-order valence-electron chi connectivity index (χ4n) is 7.16. The van der Waals surface area contributed by atoms with Gasteiger partial charge in [0.15, 0.2) is 23.0 Å². The molecule has 0 amide bonds. The summed E-state index contributed by atoms with van der Waals surface area (Å²) in [4.78, 5) is 0. The maximum atomic E-state index is 10.5. The zero-order chi connectivity index (χ0) is 37.4. The molecule has 0 bridgehead atoms. The first kappa shape index (κ1) is 38.5. The van der Waals surface area contributed by atoms with E-state index in [0.29, 0.717) is 24.3 Å². The quantitative estimate of drug-likeness (QED) is 0.119. The van der Waals surface area contributed by atoms with Gasteiger partial charge in [0.05, 0.1) is 67.1 Å². The standard InChI is InChI=1S/C34H46O18/c1-43-17-5-13(6-18(44-2)31(17)51-33-27(41)25(39)23(37)21(9-35)49-33)29-15-11-48-30(16(15)12-47-29)14-7-19(45-3)32(20(8-14)46-4)52-34-28(42)26(40)24(38)22(10-36)50-34/h5-8,15-16,21-30,33-42H,9-12H2,1-4H3/t15?,16?,21?,22?,23?,24?,25?,26?,27?,28?,29-,30-,33?,34?/m1/s1. The van der Waals surface area contributed by atoms with Crippen molar-refractivity contribution in [2.75, 3.05) is 54.9 Å². The lowest BCUT2D eigenvalue weighted by atomic mass is 9.84. The van der Waals surface area contributed by atoms with E-state index in [2.05, 4.69) is 0 Å². The number of hydrogen-bond donors (Lipinski definition) is 8. The minimum absolute atomic E-state index is 0.0541. The van der Waals surface area contributed by atoms with Gasteiger partial charge in [0.25, 0.3) is 0 Å². The van der Waals surface area contributed by atoms with Crippen LogP contribution in [0.2, 0.25) is 0 Å². The second-order valence-corrected chi connectivity index (χ2v) is 13.0. The highest BCUT2D eigenvalue weighted by Gasteiger charge is 2.50. The Kier molecular flexibility index (Phi) is 11.8. The van der Waals surface area contributed by atoms with Gasteiger partial charge in [-0.05, 0) is 35.4 Å². The Morgan fingerprint density at radius 2 is 0.846 bits per heavy atom. The molecule has 4 saturated heterocycles. The van der Waals surface area contributed by atoms with Crippen LogP contribution in [0.1, 0.15) is 23.3 Å². The Hall–Kier alpha value is -3.24. The summed E-state index contributed by atoms with van der Waals surface area (Å²) in [5.74, 6) is 0.683. The van der Waals surface area contributed by atoms with Crippen molar-refractivity contribution in [2.45, 2.75) is 73.6 Å². The molecule has 18 nitrogen and oxygen atoms in total. The second-order valence-electron chi connectivity index (χ2n) is 13.0. The molecule has 14 atom stereocenters. The number of hydrogen-bond acceptors (Lipinski definition) is 18. The van der Waals surface area contributed by atoms with Gasteiger partial charge in [-0.3, -0.25) is 0 Å². The molecule has 290 valence electrons. The third-order valence-corrected chi connectivity index (χ3v) is 10.1. The lowest BCUT2D eigenvalue weighted by Gasteiger charge is -2.39. The highest BCUT2D eigenvalue weighted by atomic mass is 16.7. The molecule has 8 N–H and O–H groups in total. The fourth-order valence-corrected chi connectivity index (χ4v) is 7.16. The molecule has 4 fully saturated rings. The van der Waals surface area contributed by atoms with E-state index in [4.69, 9.17) is 47.4 Å².